The van der Waals surface area contributed by atoms with Crippen molar-refractivity contribution in [1.29, 1.82) is 0 Å². The lowest BCUT2D eigenvalue weighted by Crippen LogP contribution is -2.24. The van der Waals surface area contributed by atoms with Gasteiger partial charge in [-0.3, -0.25) is 0 Å². The first-order valence-electron chi connectivity index (χ1n) is 5.60. The summed E-state index contributed by atoms with van der Waals surface area (Å²) in [4.78, 5) is 4.15. The van der Waals surface area contributed by atoms with Crippen molar-refractivity contribution < 1.29 is 5.11 Å². The molecule has 2 N–H and O–H groups in total. The fourth-order valence-corrected chi connectivity index (χ4v) is 1.44. The summed E-state index contributed by atoms with van der Waals surface area (Å²) in [5, 5.41) is 12.6. The van der Waals surface area contributed by atoms with Crippen LogP contribution in [0, 0.1) is 6.92 Å². The minimum absolute atomic E-state index is 0.160. The number of aliphatic hydroxyl groups is 1. The van der Waals surface area contributed by atoms with E-state index in [2.05, 4.69) is 14.9 Å². The molecule has 0 aromatic carbocycles. The molecular weight excluding hydrogens is 190 g/mol. The summed E-state index contributed by atoms with van der Waals surface area (Å²) in [5.41, 5.74) is 0. The Balaban J connectivity index is 2.05. The molecule has 0 bridgehead atoms. The van der Waals surface area contributed by atoms with Gasteiger partial charge in [-0.15, -0.1) is 0 Å². The maximum Gasteiger partial charge on any atom is 0.105 e. The topological polar surface area (TPSA) is 50.1 Å². The molecule has 0 amide bonds. The highest BCUT2D eigenvalue weighted by molar-refractivity contribution is 4.88. The van der Waals surface area contributed by atoms with E-state index in [0.717, 1.165) is 38.3 Å². The molecule has 0 saturated heterocycles. The van der Waals surface area contributed by atoms with Gasteiger partial charge in [0.1, 0.15) is 5.82 Å². The van der Waals surface area contributed by atoms with Gasteiger partial charge in [-0.2, -0.15) is 0 Å². The first-order valence-corrected chi connectivity index (χ1v) is 5.60. The van der Waals surface area contributed by atoms with Gasteiger partial charge in [0.25, 0.3) is 0 Å². The zero-order valence-corrected chi connectivity index (χ0v) is 9.61. The van der Waals surface area contributed by atoms with Crippen LogP contribution in [-0.4, -0.2) is 33.9 Å². The molecule has 0 saturated carbocycles. The second-order valence-corrected chi connectivity index (χ2v) is 3.77. The highest BCUT2D eigenvalue weighted by Gasteiger charge is 1.99. The molecule has 0 spiro atoms. The van der Waals surface area contributed by atoms with E-state index in [0.29, 0.717) is 0 Å². The largest absolute Gasteiger partial charge is 0.393 e. The maximum absolute atomic E-state index is 9.33. The molecule has 1 aromatic rings. The number of hydrogen-bond donors (Lipinski definition) is 2. The predicted octanol–water partition coefficient (Wildman–Crippen LogP) is 0.942. The number of aryl methyl sites for hydroxylation is 1. The van der Waals surface area contributed by atoms with Crippen LogP contribution in [0.5, 0.6) is 0 Å². The molecule has 15 heavy (non-hydrogen) atoms. The molecule has 1 unspecified atom stereocenters. The molecule has 0 aliphatic heterocycles. The molecule has 4 nitrogen and oxygen atoms in total. The summed E-state index contributed by atoms with van der Waals surface area (Å²) in [6.45, 7) is 6.74. The maximum atomic E-state index is 9.33. The molecule has 86 valence electrons. The summed E-state index contributed by atoms with van der Waals surface area (Å²) >= 11 is 0. The van der Waals surface area contributed by atoms with Gasteiger partial charge in [-0.05, 0) is 26.3 Å². The van der Waals surface area contributed by atoms with Crippen LogP contribution >= 0.6 is 0 Å². The van der Waals surface area contributed by atoms with E-state index in [1.54, 1.807) is 0 Å². The normalized spacial score (nSPS) is 13.0. The zero-order chi connectivity index (χ0) is 11.1. The number of hydrogen-bond acceptors (Lipinski definition) is 3. The molecular formula is C11H21N3O. The lowest BCUT2D eigenvalue weighted by atomic mass is 10.2. The summed E-state index contributed by atoms with van der Waals surface area (Å²) in [7, 11) is 0. The van der Waals surface area contributed by atoms with E-state index >= 15 is 0 Å². The van der Waals surface area contributed by atoms with Crippen molar-refractivity contribution in [1.82, 2.24) is 14.9 Å². The second-order valence-electron chi connectivity index (χ2n) is 3.77. The Morgan fingerprint density at radius 1 is 1.53 bits per heavy atom. The van der Waals surface area contributed by atoms with E-state index in [-0.39, 0.29) is 6.10 Å². The molecule has 0 aliphatic rings. The van der Waals surface area contributed by atoms with E-state index in [4.69, 9.17) is 0 Å². The summed E-state index contributed by atoms with van der Waals surface area (Å²) in [5.74, 6) is 1.05. The van der Waals surface area contributed by atoms with Crippen molar-refractivity contribution in [2.75, 3.05) is 13.1 Å². The van der Waals surface area contributed by atoms with Crippen LogP contribution in [0.1, 0.15) is 25.6 Å². The van der Waals surface area contributed by atoms with E-state index < -0.39 is 0 Å². The van der Waals surface area contributed by atoms with Gasteiger partial charge in [0, 0.05) is 25.5 Å². The number of nitrogens with one attached hydrogen (secondary N) is 1. The van der Waals surface area contributed by atoms with Crippen LogP contribution in [-0.2, 0) is 6.54 Å². The van der Waals surface area contributed by atoms with Crippen LogP contribution in [0.3, 0.4) is 0 Å². The van der Waals surface area contributed by atoms with Crippen molar-refractivity contribution in [3.05, 3.63) is 18.2 Å². The third-order valence-electron chi connectivity index (χ3n) is 2.58. The fourth-order valence-electron chi connectivity index (χ4n) is 1.44. The number of aliphatic hydroxyl groups excluding tert-OH is 1. The summed E-state index contributed by atoms with van der Waals surface area (Å²) < 4.78 is 2.11. The molecule has 0 fully saturated rings. The number of rotatable bonds is 7. The molecule has 0 aliphatic carbocycles. The third-order valence-corrected chi connectivity index (χ3v) is 2.58. The Morgan fingerprint density at radius 2 is 2.33 bits per heavy atom. The summed E-state index contributed by atoms with van der Waals surface area (Å²) in [6, 6.07) is 0. The van der Waals surface area contributed by atoms with E-state index in [9.17, 15) is 5.11 Å². The highest BCUT2D eigenvalue weighted by atomic mass is 16.3. The first-order chi connectivity index (χ1) is 7.24. The predicted molar refractivity (Wildman–Crippen MR) is 60.7 cm³/mol. The fraction of sp³-hybridized carbons (Fsp3) is 0.727. The lowest BCUT2D eigenvalue weighted by Gasteiger charge is -2.09. The van der Waals surface area contributed by atoms with Crippen LogP contribution in [0.15, 0.2) is 12.4 Å². The van der Waals surface area contributed by atoms with Crippen molar-refractivity contribution in [2.45, 2.75) is 39.3 Å². The van der Waals surface area contributed by atoms with E-state index in [1.165, 1.54) is 0 Å². The SMILES string of the molecule is CCC(O)CCNCCn1ccnc1C. The second kappa shape index (κ2) is 6.58. The average Bonchev–Trinajstić information content (AvgIpc) is 2.63. The minimum atomic E-state index is -0.160. The van der Waals surface area contributed by atoms with Gasteiger partial charge in [0.2, 0.25) is 0 Å². The molecule has 1 heterocycles. The van der Waals surface area contributed by atoms with Crippen molar-refractivity contribution in [2.24, 2.45) is 0 Å². The monoisotopic (exact) mass is 211 g/mol. The molecule has 0 radical (unpaired) electrons. The third kappa shape index (κ3) is 4.44. The standard InChI is InChI=1S/C11H21N3O/c1-3-11(15)4-5-12-6-8-14-9-7-13-10(14)2/h7,9,11-12,15H,3-6,8H2,1-2H3. The van der Waals surface area contributed by atoms with Crippen LogP contribution in [0.4, 0.5) is 0 Å². The van der Waals surface area contributed by atoms with Gasteiger partial charge in [-0.25, -0.2) is 4.98 Å². The number of nitrogens with zero attached hydrogens (tertiary/aromatic N) is 2. The highest BCUT2D eigenvalue weighted by Crippen LogP contribution is 1.95. The van der Waals surface area contributed by atoms with Crippen molar-refractivity contribution >= 4 is 0 Å². The minimum Gasteiger partial charge on any atom is -0.393 e. The van der Waals surface area contributed by atoms with Crippen LogP contribution in [0.25, 0.3) is 0 Å². The molecule has 1 rings (SSSR count). The van der Waals surface area contributed by atoms with Crippen molar-refractivity contribution in [3.63, 3.8) is 0 Å². The van der Waals surface area contributed by atoms with Gasteiger partial charge >= 0.3 is 0 Å². The van der Waals surface area contributed by atoms with Crippen molar-refractivity contribution in [3.8, 4) is 0 Å². The Hall–Kier alpha value is -0.870. The van der Waals surface area contributed by atoms with Gasteiger partial charge in [0.15, 0.2) is 0 Å². The van der Waals surface area contributed by atoms with E-state index in [1.807, 2.05) is 26.2 Å². The number of aromatic nitrogens is 2. The Morgan fingerprint density at radius 3 is 2.93 bits per heavy atom. The molecule has 1 aromatic heterocycles. The Kier molecular flexibility index (Phi) is 5.36. The molecule has 1 atom stereocenters. The Bertz CT molecular complexity index is 273. The smallest absolute Gasteiger partial charge is 0.105 e. The first kappa shape index (κ1) is 12.2. The summed E-state index contributed by atoms with van der Waals surface area (Å²) in [6.07, 6.45) is 5.31. The Labute approximate surface area is 91.3 Å². The molecule has 4 heteroatoms. The number of imidazole rings is 1. The van der Waals surface area contributed by atoms with Crippen LogP contribution < -0.4 is 5.32 Å². The zero-order valence-electron chi connectivity index (χ0n) is 9.61. The van der Waals surface area contributed by atoms with Crippen LogP contribution in [0.2, 0.25) is 0 Å². The lowest BCUT2D eigenvalue weighted by molar-refractivity contribution is 0.160. The quantitative estimate of drug-likeness (QED) is 0.660. The van der Waals surface area contributed by atoms with Gasteiger partial charge in [-0.1, -0.05) is 6.92 Å². The average molecular weight is 211 g/mol. The van der Waals surface area contributed by atoms with Gasteiger partial charge in [0.05, 0.1) is 6.10 Å². The van der Waals surface area contributed by atoms with Gasteiger partial charge < -0.3 is 15.0 Å².